The largest absolute Gasteiger partial charge is 0.493 e. The van der Waals surface area contributed by atoms with Crippen LogP contribution in [0.15, 0.2) is 34.3 Å². The van der Waals surface area contributed by atoms with Crippen LogP contribution in [0.3, 0.4) is 0 Å². The molecule has 2 aliphatic heterocycles. The number of fused-ring (bicyclic) bond motifs is 2. The van der Waals surface area contributed by atoms with Crippen molar-refractivity contribution >= 4 is 16.2 Å². The van der Waals surface area contributed by atoms with E-state index in [4.69, 9.17) is 4.74 Å². The summed E-state index contributed by atoms with van der Waals surface area (Å²) in [5.41, 5.74) is 2.38. The standard InChI is InChI=1S/C13H11N3O3S/c17-20(18,16-8-10-6-14-7-12(10)15-16)11-1-2-13-9(5-11)3-4-19-13/h1-2,5-6,8H,3-4,7H2. The average Bonchev–Trinajstić information content (AvgIpc) is 3.12. The molecule has 0 amide bonds. The number of hydrogen-bond donors (Lipinski definition) is 0. The van der Waals surface area contributed by atoms with Gasteiger partial charge in [0.2, 0.25) is 0 Å². The van der Waals surface area contributed by atoms with Crippen molar-refractivity contribution in [3.8, 4) is 5.75 Å². The molecule has 1 aromatic carbocycles. The predicted molar refractivity (Wildman–Crippen MR) is 71.7 cm³/mol. The van der Waals surface area contributed by atoms with Crippen molar-refractivity contribution in [1.82, 2.24) is 9.19 Å². The van der Waals surface area contributed by atoms with Gasteiger partial charge in [0.1, 0.15) is 5.75 Å². The quantitative estimate of drug-likeness (QED) is 0.826. The van der Waals surface area contributed by atoms with Crippen LogP contribution < -0.4 is 4.74 Å². The van der Waals surface area contributed by atoms with Crippen molar-refractivity contribution in [2.75, 3.05) is 6.61 Å². The zero-order valence-corrected chi connectivity index (χ0v) is 11.3. The minimum atomic E-state index is -3.65. The molecule has 0 aliphatic carbocycles. The summed E-state index contributed by atoms with van der Waals surface area (Å²) in [6, 6.07) is 4.92. The smallest absolute Gasteiger partial charge is 0.282 e. The number of aliphatic imine (C=N–C) groups is 1. The number of nitrogens with zero attached hydrogens (tertiary/aromatic N) is 3. The van der Waals surface area contributed by atoms with E-state index in [0.717, 1.165) is 27.4 Å². The van der Waals surface area contributed by atoms with E-state index in [1.807, 2.05) is 0 Å². The maximum atomic E-state index is 12.6. The van der Waals surface area contributed by atoms with E-state index in [1.165, 1.54) is 6.20 Å². The number of rotatable bonds is 2. The molecule has 6 nitrogen and oxygen atoms in total. The Morgan fingerprint density at radius 1 is 1.30 bits per heavy atom. The van der Waals surface area contributed by atoms with E-state index in [9.17, 15) is 8.42 Å². The van der Waals surface area contributed by atoms with E-state index in [-0.39, 0.29) is 4.90 Å². The Morgan fingerprint density at radius 3 is 3.05 bits per heavy atom. The van der Waals surface area contributed by atoms with Crippen molar-refractivity contribution < 1.29 is 13.2 Å². The van der Waals surface area contributed by atoms with Gasteiger partial charge in [0.25, 0.3) is 10.0 Å². The molecule has 0 N–H and O–H groups in total. The Labute approximate surface area is 115 Å². The fourth-order valence-corrected chi connectivity index (χ4v) is 3.62. The fraction of sp³-hybridized carbons (Fsp3) is 0.231. The molecule has 2 aromatic rings. The molecule has 0 spiro atoms. The molecule has 0 bridgehead atoms. The van der Waals surface area contributed by atoms with Gasteiger partial charge in [0.15, 0.2) is 0 Å². The maximum Gasteiger partial charge on any atom is 0.282 e. The van der Waals surface area contributed by atoms with E-state index in [2.05, 4.69) is 10.1 Å². The highest BCUT2D eigenvalue weighted by Crippen LogP contribution is 2.28. The van der Waals surface area contributed by atoms with Crippen molar-refractivity contribution in [1.29, 1.82) is 0 Å². The molecule has 0 radical (unpaired) electrons. The molecular formula is C13H11N3O3S. The molecule has 7 heteroatoms. The van der Waals surface area contributed by atoms with Gasteiger partial charge in [-0.1, -0.05) is 0 Å². The number of benzene rings is 1. The summed E-state index contributed by atoms with van der Waals surface area (Å²) in [7, 11) is -3.65. The summed E-state index contributed by atoms with van der Waals surface area (Å²) in [6.45, 7) is 1.04. The highest BCUT2D eigenvalue weighted by molar-refractivity contribution is 7.89. The molecule has 0 atom stereocenters. The Hall–Kier alpha value is -2.15. The summed E-state index contributed by atoms with van der Waals surface area (Å²) >= 11 is 0. The normalized spacial score (nSPS) is 16.0. The van der Waals surface area contributed by atoms with E-state index >= 15 is 0 Å². The number of hydrogen-bond acceptors (Lipinski definition) is 5. The lowest BCUT2D eigenvalue weighted by Crippen LogP contribution is -2.14. The second kappa shape index (κ2) is 3.92. The van der Waals surface area contributed by atoms with E-state index in [0.29, 0.717) is 18.8 Å². The lowest BCUT2D eigenvalue weighted by molar-refractivity contribution is 0.356. The van der Waals surface area contributed by atoms with Gasteiger partial charge in [-0.2, -0.15) is 17.6 Å². The third-order valence-corrected chi connectivity index (χ3v) is 5.01. The van der Waals surface area contributed by atoms with Crippen LogP contribution in [-0.4, -0.2) is 30.4 Å². The monoisotopic (exact) mass is 289 g/mol. The van der Waals surface area contributed by atoms with Crippen LogP contribution in [-0.2, 0) is 23.0 Å². The van der Waals surface area contributed by atoms with Crippen LogP contribution in [0.2, 0.25) is 0 Å². The highest BCUT2D eigenvalue weighted by atomic mass is 32.2. The van der Waals surface area contributed by atoms with Crippen LogP contribution >= 0.6 is 0 Å². The Morgan fingerprint density at radius 2 is 2.20 bits per heavy atom. The second-order valence-electron chi connectivity index (χ2n) is 4.75. The molecule has 0 saturated heterocycles. The molecule has 0 saturated carbocycles. The zero-order valence-electron chi connectivity index (χ0n) is 10.5. The van der Waals surface area contributed by atoms with Crippen LogP contribution in [0.4, 0.5) is 0 Å². The third-order valence-electron chi connectivity index (χ3n) is 3.48. The first-order chi connectivity index (χ1) is 9.64. The second-order valence-corrected chi connectivity index (χ2v) is 6.54. The van der Waals surface area contributed by atoms with Gasteiger partial charge in [-0.15, -0.1) is 0 Å². The summed E-state index contributed by atoms with van der Waals surface area (Å²) < 4.78 is 31.5. The Kier molecular flexibility index (Phi) is 2.29. The number of aromatic nitrogens is 2. The highest BCUT2D eigenvalue weighted by Gasteiger charge is 2.24. The molecule has 1 aromatic heterocycles. The van der Waals surface area contributed by atoms with Crippen LogP contribution in [0, 0.1) is 0 Å². The fourth-order valence-electron chi connectivity index (χ4n) is 2.41. The van der Waals surface area contributed by atoms with Gasteiger partial charge in [0.05, 0.1) is 29.9 Å². The average molecular weight is 289 g/mol. The topological polar surface area (TPSA) is 73.6 Å². The summed E-state index contributed by atoms with van der Waals surface area (Å²) in [4.78, 5) is 4.28. The minimum Gasteiger partial charge on any atom is -0.493 e. The molecule has 3 heterocycles. The van der Waals surface area contributed by atoms with E-state index in [1.54, 1.807) is 24.4 Å². The lowest BCUT2D eigenvalue weighted by atomic mass is 10.2. The SMILES string of the molecule is O=S(=O)(c1ccc2c(c1)CCO2)n1cc2c(n1)CN=C2. The first-order valence-electron chi connectivity index (χ1n) is 6.24. The van der Waals surface area contributed by atoms with Crippen LogP contribution in [0.5, 0.6) is 5.75 Å². The van der Waals surface area contributed by atoms with Gasteiger partial charge >= 0.3 is 0 Å². The van der Waals surface area contributed by atoms with Gasteiger partial charge in [-0.25, -0.2) is 0 Å². The predicted octanol–water partition coefficient (Wildman–Crippen LogP) is 0.988. The van der Waals surface area contributed by atoms with Gasteiger partial charge in [-0.3, -0.25) is 4.99 Å². The maximum absolute atomic E-state index is 12.6. The van der Waals surface area contributed by atoms with Crippen molar-refractivity contribution in [2.24, 2.45) is 4.99 Å². The lowest BCUT2D eigenvalue weighted by Gasteiger charge is -2.06. The zero-order chi connectivity index (χ0) is 13.7. The molecule has 0 fully saturated rings. The van der Waals surface area contributed by atoms with Crippen molar-refractivity contribution in [2.45, 2.75) is 17.9 Å². The van der Waals surface area contributed by atoms with Gasteiger partial charge in [-0.05, 0) is 23.8 Å². The van der Waals surface area contributed by atoms with Gasteiger partial charge in [0, 0.05) is 18.2 Å². The molecule has 4 rings (SSSR count). The molecular weight excluding hydrogens is 278 g/mol. The molecule has 0 unspecified atom stereocenters. The summed E-state index contributed by atoms with van der Waals surface area (Å²) in [6.07, 6.45) is 3.89. The summed E-state index contributed by atoms with van der Waals surface area (Å²) in [5, 5.41) is 4.10. The van der Waals surface area contributed by atoms with E-state index < -0.39 is 10.0 Å². The molecule has 102 valence electrons. The number of ether oxygens (including phenoxy) is 1. The van der Waals surface area contributed by atoms with Crippen molar-refractivity contribution in [3.05, 3.63) is 41.2 Å². The van der Waals surface area contributed by atoms with Crippen LogP contribution in [0.25, 0.3) is 0 Å². The Bertz CT molecular complexity index is 837. The minimum absolute atomic E-state index is 0.236. The van der Waals surface area contributed by atoms with Crippen LogP contribution in [0.1, 0.15) is 16.8 Å². The third kappa shape index (κ3) is 1.59. The first kappa shape index (κ1) is 11.7. The first-order valence-corrected chi connectivity index (χ1v) is 7.68. The molecule has 2 aliphatic rings. The Balaban J connectivity index is 1.81. The summed E-state index contributed by atoms with van der Waals surface area (Å²) in [5.74, 6) is 0.763. The van der Waals surface area contributed by atoms with Gasteiger partial charge < -0.3 is 4.74 Å². The molecule has 20 heavy (non-hydrogen) atoms. The van der Waals surface area contributed by atoms with Crippen molar-refractivity contribution in [3.63, 3.8) is 0 Å².